The Morgan fingerprint density at radius 2 is 1.92 bits per heavy atom. The zero-order valence-electron chi connectivity index (χ0n) is 12.2. The number of carbonyl (C=O) groups is 1. The van der Waals surface area contributed by atoms with Crippen LogP contribution in [0.1, 0.15) is 15.9 Å². The van der Waals surface area contributed by atoms with E-state index in [0.29, 0.717) is 0 Å². The van der Waals surface area contributed by atoms with Gasteiger partial charge in [0.15, 0.2) is 9.84 Å². The Labute approximate surface area is 148 Å². The standard InChI is InChI=1S/C14H10BrF3N2O4S/c15-10-1-2-11(24-14(16,17)18)12(4-10)25(22,23)7-8-3-9(13(19)21)6-20-5-8/h1-6H,7H2,(H2,19,21). The molecule has 0 aliphatic heterocycles. The van der Waals surface area contributed by atoms with Gasteiger partial charge < -0.3 is 10.5 Å². The van der Waals surface area contributed by atoms with Gasteiger partial charge in [0.05, 0.1) is 11.3 Å². The largest absolute Gasteiger partial charge is 0.573 e. The zero-order chi connectivity index (χ0) is 18.8. The van der Waals surface area contributed by atoms with Crippen molar-refractivity contribution in [3.63, 3.8) is 0 Å². The van der Waals surface area contributed by atoms with Gasteiger partial charge in [-0.05, 0) is 29.8 Å². The summed E-state index contributed by atoms with van der Waals surface area (Å²) in [6.45, 7) is 0. The predicted molar refractivity (Wildman–Crippen MR) is 84.5 cm³/mol. The topological polar surface area (TPSA) is 99.4 Å². The summed E-state index contributed by atoms with van der Waals surface area (Å²) in [4.78, 5) is 14.2. The van der Waals surface area contributed by atoms with E-state index in [9.17, 15) is 26.4 Å². The molecule has 0 bridgehead atoms. The van der Waals surface area contributed by atoms with Gasteiger partial charge in [-0.3, -0.25) is 9.78 Å². The van der Waals surface area contributed by atoms with Crippen molar-refractivity contribution in [1.29, 1.82) is 0 Å². The molecule has 1 aromatic heterocycles. The summed E-state index contributed by atoms with van der Waals surface area (Å²) in [5, 5.41) is 0. The van der Waals surface area contributed by atoms with E-state index in [1.165, 1.54) is 18.3 Å². The van der Waals surface area contributed by atoms with Crippen LogP contribution in [0.5, 0.6) is 5.75 Å². The fourth-order valence-corrected chi connectivity index (χ4v) is 3.92. The molecule has 0 aliphatic carbocycles. The average molecular weight is 439 g/mol. The first-order valence-corrected chi connectivity index (χ1v) is 8.94. The number of primary amides is 1. The fraction of sp³-hybridized carbons (Fsp3) is 0.143. The molecule has 2 N–H and O–H groups in total. The number of nitrogens with zero attached hydrogens (tertiary/aromatic N) is 1. The van der Waals surface area contributed by atoms with Gasteiger partial charge in [0.1, 0.15) is 10.6 Å². The summed E-state index contributed by atoms with van der Waals surface area (Å²) in [6.07, 6.45) is -2.73. The minimum atomic E-state index is -5.05. The fourth-order valence-electron chi connectivity index (χ4n) is 1.93. The number of halogens is 4. The molecule has 0 spiro atoms. The van der Waals surface area contributed by atoms with Gasteiger partial charge in [0.25, 0.3) is 0 Å². The molecule has 1 amide bonds. The first kappa shape index (κ1) is 19.2. The SMILES string of the molecule is NC(=O)c1cncc(CS(=O)(=O)c2cc(Br)ccc2OC(F)(F)F)c1. The van der Waals surface area contributed by atoms with Gasteiger partial charge in [-0.1, -0.05) is 15.9 Å². The van der Waals surface area contributed by atoms with Crippen molar-refractivity contribution in [3.8, 4) is 5.75 Å². The number of aromatic nitrogens is 1. The summed E-state index contributed by atoms with van der Waals surface area (Å²) in [5.74, 6) is -2.35. The van der Waals surface area contributed by atoms with E-state index in [1.54, 1.807) is 0 Å². The molecule has 25 heavy (non-hydrogen) atoms. The normalized spacial score (nSPS) is 12.0. The number of benzene rings is 1. The van der Waals surface area contributed by atoms with Crippen molar-refractivity contribution in [2.75, 3.05) is 0 Å². The Balaban J connectivity index is 2.44. The summed E-state index contributed by atoms with van der Waals surface area (Å²) in [5.41, 5.74) is 5.16. The molecule has 0 unspecified atom stereocenters. The smallest absolute Gasteiger partial charge is 0.404 e. The molecule has 0 saturated heterocycles. The first-order valence-electron chi connectivity index (χ1n) is 6.50. The molecule has 0 aliphatic rings. The van der Waals surface area contributed by atoms with Gasteiger partial charge in [0, 0.05) is 16.9 Å². The van der Waals surface area contributed by atoms with Crippen molar-refractivity contribution in [2.45, 2.75) is 17.0 Å². The van der Waals surface area contributed by atoms with Crippen LogP contribution in [0.2, 0.25) is 0 Å². The van der Waals surface area contributed by atoms with Gasteiger partial charge in [-0.2, -0.15) is 0 Å². The number of rotatable bonds is 5. The number of amides is 1. The third-order valence-electron chi connectivity index (χ3n) is 2.90. The molecule has 1 heterocycles. The van der Waals surface area contributed by atoms with Crippen molar-refractivity contribution in [1.82, 2.24) is 4.98 Å². The third-order valence-corrected chi connectivity index (χ3v) is 5.10. The van der Waals surface area contributed by atoms with Crippen LogP contribution in [0.3, 0.4) is 0 Å². The zero-order valence-corrected chi connectivity index (χ0v) is 14.7. The molecule has 0 radical (unpaired) electrons. The Morgan fingerprint density at radius 3 is 2.52 bits per heavy atom. The summed E-state index contributed by atoms with van der Waals surface area (Å²) in [7, 11) is -4.23. The van der Waals surface area contributed by atoms with E-state index in [2.05, 4.69) is 25.7 Å². The van der Waals surface area contributed by atoms with Crippen LogP contribution < -0.4 is 10.5 Å². The van der Waals surface area contributed by atoms with Crippen molar-refractivity contribution < 1.29 is 31.1 Å². The van der Waals surface area contributed by atoms with E-state index < -0.39 is 38.5 Å². The number of pyridine rings is 1. The van der Waals surface area contributed by atoms with Crippen LogP contribution in [-0.2, 0) is 15.6 Å². The highest BCUT2D eigenvalue weighted by Gasteiger charge is 2.34. The van der Waals surface area contributed by atoms with Gasteiger partial charge >= 0.3 is 6.36 Å². The maximum absolute atomic E-state index is 12.5. The highest BCUT2D eigenvalue weighted by molar-refractivity contribution is 9.10. The van der Waals surface area contributed by atoms with Crippen LogP contribution in [0.25, 0.3) is 0 Å². The number of nitrogens with two attached hydrogens (primary N) is 1. The number of alkyl halides is 3. The number of hydrogen-bond donors (Lipinski definition) is 1. The minimum absolute atomic E-state index is 0.0197. The highest BCUT2D eigenvalue weighted by atomic mass is 79.9. The Hall–Kier alpha value is -2.14. The van der Waals surface area contributed by atoms with Crippen molar-refractivity contribution in [3.05, 3.63) is 52.3 Å². The van der Waals surface area contributed by atoms with Crippen LogP contribution in [0.4, 0.5) is 13.2 Å². The van der Waals surface area contributed by atoms with E-state index in [-0.39, 0.29) is 15.6 Å². The van der Waals surface area contributed by atoms with E-state index in [1.807, 2.05) is 0 Å². The van der Waals surface area contributed by atoms with Crippen molar-refractivity contribution >= 4 is 31.7 Å². The second-order valence-electron chi connectivity index (χ2n) is 4.84. The number of sulfone groups is 1. The lowest BCUT2D eigenvalue weighted by atomic mass is 10.2. The molecular weight excluding hydrogens is 429 g/mol. The lowest BCUT2D eigenvalue weighted by Gasteiger charge is -2.14. The Morgan fingerprint density at radius 1 is 1.24 bits per heavy atom. The molecule has 0 fully saturated rings. The number of hydrogen-bond acceptors (Lipinski definition) is 5. The van der Waals surface area contributed by atoms with Crippen LogP contribution in [0, 0.1) is 0 Å². The molecule has 2 aromatic rings. The second-order valence-corrected chi connectivity index (χ2v) is 7.72. The second kappa shape index (κ2) is 7.00. The van der Waals surface area contributed by atoms with E-state index in [4.69, 9.17) is 5.73 Å². The van der Waals surface area contributed by atoms with Gasteiger partial charge in [-0.15, -0.1) is 13.2 Å². The molecule has 0 atom stereocenters. The lowest BCUT2D eigenvalue weighted by molar-refractivity contribution is -0.275. The number of carbonyl (C=O) groups excluding carboxylic acids is 1. The molecule has 2 rings (SSSR count). The Kier molecular flexibility index (Phi) is 5.37. The molecule has 0 saturated carbocycles. The summed E-state index contributed by atoms with van der Waals surface area (Å²) >= 11 is 3.01. The monoisotopic (exact) mass is 438 g/mol. The average Bonchev–Trinajstić information content (AvgIpc) is 2.47. The van der Waals surface area contributed by atoms with E-state index >= 15 is 0 Å². The van der Waals surface area contributed by atoms with Crippen LogP contribution in [-0.4, -0.2) is 25.7 Å². The maximum Gasteiger partial charge on any atom is 0.573 e. The van der Waals surface area contributed by atoms with Crippen LogP contribution in [0.15, 0.2) is 46.0 Å². The minimum Gasteiger partial charge on any atom is -0.404 e. The Bertz CT molecular complexity index is 917. The van der Waals surface area contributed by atoms with Crippen LogP contribution >= 0.6 is 15.9 Å². The molecule has 11 heteroatoms. The highest BCUT2D eigenvalue weighted by Crippen LogP contribution is 2.33. The molecular formula is C14H10BrF3N2O4S. The lowest BCUT2D eigenvalue weighted by Crippen LogP contribution is -2.19. The van der Waals surface area contributed by atoms with E-state index in [0.717, 1.165) is 18.3 Å². The van der Waals surface area contributed by atoms with Gasteiger partial charge in [-0.25, -0.2) is 8.42 Å². The van der Waals surface area contributed by atoms with Crippen molar-refractivity contribution in [2.24, 2.45) is 5.73 Å². The molecule has 1 aromatic carbocycles. The third kappa shape index (κ3) is 5.16. The summed E-state index contributed by atoms with van der Waals surface area (Å²) in [6, 6.07) is 4.31. The quantitative estimate of drug-likeness (QED) is 0.773. The maximum atomic E-state index is 12.5. The number of ether oxygens (including phenoxy) is 1. The predicted octanol–water partition coefficient (Wildman–Crippen LogP) is 2.82. The molecule has 6 nitrogen and oxygen atoms in total. The first-order chi connectivity index (χ1) is 11.5. The van der Waals surface area contributed by atoms with Gasteiger partial charge in [0.2, 0.25) is 5.91 Å². The molecule has 134 valence electrons. The summed E-state index contributed by atoms with van der Waals surface area (Å²) < 4.78 is 66.6.